The zero-order valence-corrected chi connectivity index (χ0v) is 16.1. The number of hydrogen-bond donors (Lipinski definition) is 1. The van der Waals surface area contributed by atoms with E-state index in [1.807, 2.05) is 0 Å². The second kappa shape index (κ2) is 7.75. The number of nitrogens with zero attached hydrogens (tertiary/aromatic N) is 2. The number of non-ortho nitro benzene ring substituents is 1. The summed E-state index contributed by atoms with van der Waals surface area (Å²) >= 11 is 0. The maximum atomic E-state index is 13.1. The quantitative estimate of drug-likeness (QED) is 0.601. The van der Waals surface area contributed by atoms with E-state index in [1.54, 1.807) is 39.0 Å². The fourth-order valence-electron chi connectivity index (χ4n) is 2.36. The molecule has 2 aromatic carbocycles. The number of amides is 1. The van der Waals surface area contributed by atoms with Crippen molar-refractivity contribution in [1.29, 1.82) is 0 Å². The standard InChI is InChI=1S/C18H21N3O5S/c1-18(2,3)19-17(22)13-20(14-9-11-15(12-10-14)21(23)24)27(25,26)16-7-5-4-6-8-16/h4-12H,13H2,1-3H3,(H,19,22). The maximum Gasteiger partial charge on any atom is 0.269 e. The maximum absolute atomic E-state index is 13.1. The lowest BCUT2D eigenvalue weighted by Gasteiger charge is -2.27. The minimum Gasteiger partial charge on any atom is -0.350 e. The molecule has 0 bridgehead atoms. The monoisotopic (exact) mass is 391 g/mol. The Morgan fingerprint density at radius 2 is 1.63 bits per heavy atom. The SMILES string of the molecule is CC(C)(C)NC(=O)CN(c1ccc([N+](=O)[O-])cc1)S(=O)(=O)c1ccccc1. The number of nitrogens with one attached hydrogen (secondary N) is 1. The van der Waals surface area contributed by atoms with Gasteiger partial charge in [0.15, 0.2) is 0 Å². The van der Waals surface area contributed by atoms with Crippen LogP contribution in [0.25, 0.3) is 0 Å². The summed E-state index contributed by atoms with van der Waals surface area (Å²) in [4.78, 5) is 22.7. The van der Waals surface area contributed by atoms with Crippen molar-refractivity contribution in [1.82, 2.24) is 5.32 Å². The Kier molecular flexibility index (Phi) is 5.85. The number of nitro groups is 1. The van der Waals surface area contributed by atoms with Gasteiger partial charge in [0.05, 0.1) is 15.5 Å². The van der Waals surface area contributed by atoms with E-state index >= 15 is 0 Å². The molecule has 0 saturated carbocycles. The Hall–Kier alpha value is -2.94. The molecule has 144 valence electrons. The third kappa shape index (κ3) is 5.27. The first-order valence-electron chi connectivity index (χ1n) is 8.14. The van der Waals surface area contributed by atoms with E-state index in [1.165, 1.54) is 36.4 Å². The molecule has 0 aliphatic heterocycles. The molecule has 0 radical (unpaired) electrons. The number of carbonyl (C=O) groups is 1. The molecule has 0 saturated heterocycles. The van der Waals surface area contributed by atoms with Gasteiger partial charge in [-0.1, -0.05) is 18.2 Å². The van der Waals surface area contributed by atoms with E-state index in [0.717, 1.165) is 4.31 Å². The van der Waals surface area contributed by atoms with Crippen LogP contribution in [-0.2, 0) is 14.8 Å². The van der Waals surface area contributed by atoms with E-state index in [9.17, 15) is 23.3 Å². The van der Waals surface area contributed by atoms with Gasteiger partial charge in [0.2, 0.25) is 5.91 Å². The Bertz CT molecular complexity index is 920. The lowest BCUT2D eigenvalue weighted by Crippen LogP contribution is -2.47. The number of hydrogen-bond acceptors (Lipinski definition) is 5. The van der Waals surface area contributed by atoms with Gasteiger partial charge in [-0.05, 0) is 45.0 Å². The summed E-state index contributed by atoms with van der Waals surface area (Å²) in [5, 5.41) is 13.6. The van der Waals surface area contributed by atoms with Crippen molar-refractivity contribution < 1.29 is 18.1 Å². The Morgan fingerprint density at radius 1 is 1.07 bits per heavy atom. The number of anilines is 1. The number of carbonyl (C=O) groups excluding carboxylic acids is 1. The molecule has 0 heterocycles. The van der Waals surface area contributed by atoms with E-state index in [-0.39, 0.29) is 16.3 Å². The van der Waals surface area contributed by atoms with Crippen molar-refractivity contribution in [2.75, 3.05) is 10.8 Å². The Labute approximate surface area is 158 Å². The first kappa shape index (κ1) is 20.4. The summed E-state index contributed by atoms with van der Waals surface area (Å²) in [6.07, 6.45) is 0. The van der Waals surface area contributed by atoms with Gasteiger partial charge in [-0.25, -0.2) is 8.42 Å². The van der Waals surface area contributed by atoms with Gasteiger partial charge in [-0.3, -0.25) is 19.2 Å². The highest BCUT2D eigenvalue weighted by Crippen LogP contribution is 2.25. The smallest absolute Gasteiger partial charge is 0.269 e. The highest BCUT2D eigenvalue weighted by Gasteiger charge is 2.28. The van der Waals surface area contributed by atoms with Gasteiger partial charge < -0.3 is 5.32 Å². The number of nitro benzene ring substituents is 1. The third-order valence-corrected chi connectivity index (χ3v) is 5.27. The van der Waals surface area contributed by atoms with Crippen LogP contribution in [0.2, 0.25) is 0 Å². The summed E-state index contributed by atoms with van der Waals surface area (Å²) in [6, 6.07) is 12.7. The molecule has 0 atom stereocenters. The third-order valence-electron chi connectivity index (χ3n) is 3.48. The van der Waals surface area contributed by atoms with Gasteiger partial charge >= 0.3 is 0 Å². The predicted octanol–water partition coefficient (Wildman–Crippen LogP) is 2.70. The van der Waals surface area contributed by atoms with Crippen LogP contribution in [-0.4, -0.2) is 31.3 Å². The van der Waals surface area contributed by atoms with E-state index < -0.39 is 32.9 Å². The summed E-state index contributed by atoms with van der Waals surface area (Å²) in [5.74, 6) is -0.486. The summed E-state index contributed by atoms with van der Waals surface area (Å²) in [6.45, 7) is 4.90. The molecule has 0 unspecified atom stereocenters. The molecule has 0 aliphatic carbocycles. The van der Waals surface area contributed by atoms with E-state index in [0.29, 0.717) is 0 Å². The van der Waals surface area contributed by atoms with Crippen LogP contribution in [0.4, 0.5) is 11.4 Å². The van der Waals surface area contributed by atoms with Crippen molar-refractivity contribution in [2.24, 2.45) is 0 Å². The number of rotatable bonds is 6. The molecule has 0 fully saturated rings. The normalized spacial score (nSPS) is 11.7. The minimum atomic E-state index is -4.04. The zero-order valence-electron chi connectivity index (χ0n) is 15.2. The van der Waals surface area contributed by atoms with Gasteiger partial charge in [0.25, 0.3) is 15.7 Å². The van der Waals surface area contributed by atoms with Gasteiger partial charge in [-0.2, -0.15) is 0 Å². The minimum absolute atomic E-state index is 0.0203. The fourth-order valence-corrected chi connectivity index (χ4v) is 3.81. The average molecular weight is 391 g/mol. The largest absolute Gasteiger partial charge is 0.350 e. The summed E-state index contributed by atoms with van der Waals surface area (Å²) in [7, 11) is -4.04. The average Bonchev–Trinajstić information content (AvgIpc) is 2.59. The second-order valence-electron chi connectivity index (χ2n) is 6.90. The molecular weight excluding hydrogens is 370 g/mol. The van der Waals surface area contributed by atoms with Crippen LogP contribution in [0.3, 0.4) is 0 Å². The first-order valence-corrected chi connectivity index (χ1v) is 9.58. The topological polar surface area (TPSA) is 110 Å². The number of sulfonamides is 1. The van der Waals surface area contributed by atoms with Crippen molar-refractivity contribution in [2.45, 2.75) is 31.2 Å². The molecular formula is C18H21N3O5S. The van der Waals surface area contributed by atoms with Crippen molar-refractivity contribution in [3.05, 3.63) is 64.7 Å². The van der Waals surface area contributed by atoms with Gasteiger partial charge in [0.1, 0.15) is 6.54 Å². The molecule has 1 amide bonds. The molecule has 2 rings (SSSR count). The van der Waals surface area contributed by atoms with Crippen molar-refractivity contribution in [3.8, 4) is 0 Å². The van der Waals surface area contributed by atoms with Crippen LogP contribution in [0, 0.1) is 10.1 Å². The van der Waals surface area contributed by atoms with E-state index in [4.69, 9.17) is 0 Å². The van der Waals surface area contributed by atoms with Crippen LogP contribution in [0.15, 0.2) is 59.5 Å². The zero-order chi connectivity index (χ0) is 20.2. The highest BCUT2D eigenvalue weighted by atomic mass is 32.2. The van der Waals surface area contributed by atoms with Crippen molar-refractivity contribution in [3.63, 3.8) is 0 Å². The molecule has 0 spiro atoms. The Balaban J connectivity index is 2.45. The molecule has 8 nitrogen and oxygen atoms in total. The lowest BCUT2D eigenvalue weighted by atomic mass is 10.1. The molecule has 9 heteroatoms. The molecule has 1 N–H and O–H groups in total. The van der Waals surface area contributed by atoms with Gasteiger partial charge in [-0.15, -0.1) is 0 Å². The van der Waals surface area contributed by atoms with Crippen LogP contribution in [0.1, 0.15) is 20.8 Å². The van der Waals surface area contributed by atoms with Crippen LogP contribution < -0.4 is 9.62 Å². The lowest BCUT2D eigenvalue weighted by molar-refractivity contribution is -0.384. The van der Waals surface area contributed by atoms with Crippen molar-refractivity contribution >= 4 is 27.3 Å². The Morgan fingerprint density at radius 3 is 2.11 bits per heavy atom. The molecule has 27 heavy (non-hydrogen) atoms. The first-order chi connectivity index (χ1) is 12.5. The van der Waals surface area contributed by atoms with Gasteiger partial charge in [0, 0.05) is 17.7 Å². The predicted molar refractivity (Wildman–Crippen MR) is 102 cm³/mol. The van der Waals surface area contributed by atoms with Crippen LogP contribution >= 0.6 is 0 Å². The molecule has 2 aromatic rings. The van der Waals surface area contributed by atoms with E-state index in [2.05, 4.69) is 5.32 Å². The summed E-state index contributed by atoms with van der Waals surface area (Å²) in [5.41, 5.74) is -0.544. The van der Waals surface area contributed by atoms with Crippen LogP contribution in [0.5, 0.6) is 0 Å². The summed E-state index contributed by atoms with van der Waals surface area (Å²) < 4.78 is 27.1. The molecule has 0 aromatic heterocycles. The molecule has 0 aliphatic rings. The highest BCUT2D eigenvalue weighted by molar-refractivity contribution is 7.92. The fraction of sp³-hybridized carbons (Fsp3) is 0.278. The second-order valence-corrected chi connectivity index (χ2v) is 8.76. The number of benzene rings is 2.